The summed E-state index contributed by atoms with van der Waals surface area (Å²) in [4.78, 5) is 19.5. The molecule has 1 saturated heterocycles. The number of pyridine rings is 1. The van der Waals surface area contributed by atoms with Crippen molar-refractivity contribution in [1.82, 2.24) is 9.88 Å². The molecule has 0 radical (unpaired) electrons. The van der Waals surface area contributed by atoms with Gasteiger partial charge in [-0.15, -0.1) is 0 Å². The van der Waals surface area contributed by atoms with Crippen LogP contribution < -0.4 is 15.4 Å². The Balaban J connectivity index is 1.62. The van der Waals surface area contributed by atoms with E-state index in [1.165, 1.54) is 0 Å². The number of benzene rings is 2. The minimum Gasteiger partial charge on any atom is -0.495 e. The second kappa shape index (κ2) is 10.4. The molecule has 7 nitrogen and oxygen atoms in total. The van der Waals surface area contributed by atoms with E-state index in [4.69, 9.17) is 10.00 Å². The Bertz CT molecular complexity index is 1260. The molecule has 0 aliphatic carbocycles. The zero-order chi connectivity index (χ0) is 24.1. The van der Waals surface area contributed by atoms with Crippen molar-refractivity contribution in [2.45, 2.75) is 12.8 Å². The Morgan fingerprint density at radius 3 is 2.88 bits per heavy atom. The number of aromatic nitrogens is 1. The number of hydrogen-bond donors (Lipinski definition) is 2. The van der Waals surface area contributed by atoms with E-state index in [1.54, 1.807) is 13.3 Å². The summed E-state index contributed by atoms with van der Waals surface area (Å²) in [6.07, 6.45) is 3.66. The van der Waals surface area contributed by atoms with E-state index in [9.17, 15) is 4.79 Å². The first-order chi connectivity index (χ1) is 16.5. The first kappa shape index (κ1) is 23.3. The van der Waals surface area contributed by atoms with Gasteiger partial charge in [0.1, 0.15) is 5.75 Å². The Hall–Kier alpha value is -3.89. The average molecular weight is 456 g/mol. The standard InChI is InChI=1S/C27H29N5O2/c1-18(15-28)16-30-26-23-13-20(7-6-19(23)8-9-25(26)34-3)24-14-22(10-11-29-24)31-27(33)21-5-4-12-32(2)17-21/h6-11,13-14,21,30H,1,4-5,12,16-17H2,2-3H3,(H,29,31,33). The molecule has 7 heteroatoms. The number of piperidine rings is 1. The van der Waals surface area contributed by atoms with Crippen LogP contribution in [0, 0.1) is 17.2 Å². The number of nitriles is 1. The first-order valence-electron chi connectivity index (χ1n) is 11.4. The predicted molar refractivity (Wildman–Crippen MR) is 136 cm³/mol. The van der Waals surface area contributed by atoms with E-state index >= 15 is 0 Å². The third-order valence-corrected chi connectivity index (χ3v) is 6.16. The van der Waals surface area contributed by atoms with E-state index in [2.05, 4.69) is 40.2 Å². The number of nitrogens with zero attached hydrogens (tertiary/aromatic N) is 3. The number of amides is 1. The highest BCUT2D eigenvalue weighted by Gasteiger charge is 2.24. The lowest BCUT2D eigenvalue weighted by molar-refractivity contribution is -0.121. The number of rotatable bonds is 7. The Morgan fingerprint density at radius 2 is 2.12 bits per heavy atom. The summed E-state index contributed by atoms with van der Waals surface area (Å²) in [5.74, 6) is 0.735. The van der Waals surface area contributed by atoms with Crippen LogP contribution in [0.15, 0.2) is 60.8 Å². The van der Waals surface area contributed by atoms with Gasteiger partial charge in [0.15, 0.2) is 0 Å². The van der Waals surface area contributed by atoms with Crippen molar-refractivity contribution < 1.29 is 9.53 Å². The Labute approximate surface area is 200 Å². The number of ether oxygens (including phenoxy) is 1. The van der Waals surface area contributed by atoms with Crippen molar-refractivity contribution in [2.75, 3.05) is 44.4 Å². The third kappa shape index (κ3) is 5.19. The minimum absolute atomic E-state index is 0.000272. The van der Waals surface area contributed by atoms with Crippen molar-refractivity contribution in [1.29, 1.82) is 5.26 Å². The molecule has 1 unspecified atom stereocenters. The average Bonchev–Trinajstić information content (AvgIpc) is 2.86. The van der Waals surface area contributed by atoms with Gasteiger partial charge in [-0.25, -0.2) is 0 Å². The number of methoxy groups -OCH3 is 1. The molecule has 1 aliphatic rings. The molecule has 0 bridgehead atoms. The largest absolute Gasteiger partial charge is 0.495 e. The molecule has 0 saturated carbocycles. The van der Waals surface area contributed by atoms with E-state index in [-0.39, 0.29) is 11.8 Å². The molecule has 174 valence electrons. The lowest BCUT2D eigenvalue weighted by Gasteiger charge is -2.28. The summed E-state index contributed by atoms with van der Waals surface area (Å²) in [5, 5.41) is 17.4. The summed E-state index contributed by atoms with van der Waals surface area (Å²) in [6.45, 7) is 5.90. The molecule has 1 atom stereocenters. The van der Waals surface area contributed by atoms with Crippen molar-refractivity contribution in [3.8, 4) is 23.1 Å². The maximum Gasteiger partial charge on any atom is 0.228 e. The number of nitrogens with one attached hydrogen (secondary N) is 2. The predicted octanol–water partition coefficient (Wildman–Crippen LogP) is 4.68. The van der Waals surface area contributed by atoms with Gasteiger partial charge in [0.25, 0.3) is 0 Å². The maximum atomic E-state index is 12.8. The highest BCUT2D eigenvalue weighted by atomic mass is 16.5. The summed E-state index contributed by atoms with van der Waals surface area (Å²) < 4.78 is 5.55. The van der Waals surface area contributed by atoms with Crippen molar-refractivity contribution >= 4 is 28.1 Å². The summed E-state index contributed by atoms with van der Waals surface area (Å²) in [6, 6.07) is 15.7. The van der Waals surface area contributed by atoms with Gasteiger partial charge in [0.05, 0.1) is 30.5 Å². The number of carbonyl (C=O) groups excluding carboxylic acids is 1. The minimum atomic E-state index is 0.000272. The smallest absolute Gasteiger partial charge is 0.228 e. The van der Waals surface area contributed by atoms with Crippen LogP contribution >= 0.6 is 0 Å². The first-order valence-corrected chi connectivity index (χ1v) is 11.4. The van der Waals surface area contributed by atoms with Crippen LogP contribution in [-0.4, -0.2) is 49.6 Å². The molecule has 2 N–H and O–H groups in total. The fraction of sp³-hybridized carbons (Fsp3) is 0.296. The van der Waals surface area contributed by atoms with Crippen LogP contribution in [0.4, 0.5) is 11.4 Å². The van der Waals surface area contributed by atoms with Gasteiger partial charge in [-0.1, -0.05) is 24.8 Å². The quantitative estimate of drug-likeness (QED) is 0.503. The van der Waals surface area contributed by atoms with Gasteiger partial charge in [-0.05, 0) is 56.1 Å². The monoisotopic (exact) mass is 455 g/mol. The van der Waals surface area contributed by atoms with Gasteiger partial charge in [0, 0.05) is 41.5 Å². The second-order valence-electron chi connectivity index (χ2n) is 8.67. The Kier molecular flexibility index (Phi) is 7.09. The topological polar surface area (TPSA) is 90.3 Å². The number of anilines is 2. The van der Waals surface area contributed by atoms with Crippen LogP contribution in [0.25, 0.3) is 22.0 Å². The highest BCUT2D eigenvalue weighted by Crippen LogP contribution is 2.36. The van der Waals surface area contributed by atoms with Gasteiger partial charge < -0.3 is 20.3 Å². The third-order valence-electron chi connectivity index (χ3n) is 6.16. The number of hydrogen-bond acceptors (Lipinski definition) is 6. The molecule has 3 aromatic rings. The van der Waals surface area contributed by atoms with Gasteiger partial charge in [-0.3, -0.25) is 9.78 Å². The van der Waals surface area contributed by atoms with Gasteiger partial charge >= 0.3 is 0 Å². The normalized spacial score (nSPS) is 16.0. The molecule has 1 aliphatic heterocycles. The molecular weight excluding hydrogens is 426 g/mol. The maximum absolute atomic E-state index is 12.8. The van der Waals surface area contributed by atoms with Crippen LogP contribution in [0.2, 0.25) is 0 Å². The highest BCUT2D eigenvalue weighted by molar-refractivity contribution is 5.99. The number of likely N-dealkylation sites (tertiary alicyclic amines) is 1. The SMILES string of the molecule is C=C(C#N)CNc1c(OC)ccc2ccc(-c3cc(NC(=O)C4CCCN(C)C4)ccn3)cc12. The molecule has 2 aromatic carbocycles. The van der Waals surface area contributed by atoms with Gasteiger partial charge in [-0.2, -0.15) is 5.26 Å². The van der Waals surface area contributed by atoms with E-state index in [0.717, 1.165) is 59.3 Å². The molecule has 1 aromatic heterocycles. The number of carbonyl (C=O) groups is 1. The van der Waals surface area contributed by atoms with Crippen molar-refractivity contribution in [3.05, 3.63) is 60.8 Å². The summed E-state index contributed by atoms with van der Waals surface area (Å²) in [5.41, 5.74) is 3.64. The molecule has 34 heavy (non-hydrogen) atoms. The van der Waals surface area contributed by atoms with Crippen LogP contribution in [0.1, 0.15) is 12.8 Å². The fourth-order valence-electron chi connectivity index (χ4n) is 4.34. The molecular formula is C27H29N5O2. The van der Waals surface area contributed by atoms with E-state index in [1.807, 2.05) is 42.5 Å². The molecule has 1 fully saturated rings. The molecule has 2 heterocycles. The zero-order valence-corrected chi connectivity index (χ0v) is 19.6. The lowest BCUT2D eigenvalue weighted by Crippen LogP contribution is -2.38. The van der Waals surface area contributed by atoms with Crippen LogP contribution in [-0.2, 0) is 4.79 Å². The van der Waals surface area contributed by atoms with E-state index < -0.39 is 0 Å². The van der Waals surface area contributed by atoms with Gasteiger partial charge in [0.2, 0.25) is 5.91 Å². The fourth-order valence-corrected chi connectivity index (χ4v) is 4.34. The van der Waals surface area contributed by atoms with Crippen molar-refractivity contribution in [2.24, 2.45) is 5.92 Å². The van der Waals surface area contributed by atoms with Crippen LogP contribution in [0.3, 0.4) is 0 Å². The lowest BCUT2D eigenvalue weighted by atomic mass is 9.97. The number of fused-ring (bicyclic) bond motifs is 1. The van der Waals surface area contributed by atoms with Crippen molar-refractivity contribution in [3.63, 3.8) is 0 Å². The molecule has 1 amide bonds. The summed E-state index contributed by atoms with van der Waals surface area (Å²) >= 11 is 0. The zero-order valence-electron chi connectivity index (χ0n) is 19.6. The van der Waals surface area contributed by atoms with E-state index in [0.29, 0.717) is 17.9 Å². The molecule has 0 spiro atoms. The summed E-state index contributed by atoms with van der Waals surface area (Å²) in [7, 11) is 3.67. The van der Waals surface area contributed by atoms with Crippen LogP contribution in [0.5, 0.6) is 5.75 Å². The molecule has 4 rings (SSSR count). The Morgan fingerprint density at radius 1 is 1.29 bits per heavy atom. The second-order valence-corrected chi connectivity index (χ2v) is 8.67.